The van der Waals surface area contributed by atoms with Crippen molar-refractivity contribution < 1.29 is 4.79 Å². The van der Waals surface area contributed by atoms with Crippen molar-refractivity contribution in [2.75, 3.05) is 16.8 Å². The van der Waals surface area contributed by atoms with Gasteiger partial charge in [0.1, 0.15) is 0 Å². The van der Waals surface area contributed by atoms with E-state index in [0.717, 1.165) is 12.1 Å². The van der Waals surface area contributed by atoms with Crippen LogP contribution in [0.5, 0.6) is 0 Å². The van der Waals surface area contributed by atoms with Gasteiger partial charge in [-0.05, 0) is 36.2 Å². The molecule has 0 bridgehead atoms. The molecule has 2 aromatic heterocycles. The maximum absolute atomic E-state index is 12.1. The van der Waals surface area contributed by atoms with Crippen molar-refractivity contribution in [3.8, 4) is 0 Å². The van der Waals surface area contributed by atoms with E-state index in [-0.39, 0.29) is 11.7 Å². The maximum atomic E-state index is 12.1. The Morgan fingerprint density at radius 2 is 2.00 bits per heavy atom. The Bertz CT molecular complexity index is 828. The van der Waals surface area contributed by atoms with Gasteiger partial charge in [0.2, 0.25) is 5.91 Å². The number of hydrogen-bond acceptors (Lipinski definition) is 5. The van der Waals surface area contributed by atoms with Gasteiger partial charge in [-0.15, -0.1) is 10.2 Å². The fourth-order valence-electron chi connectivity index (χ4n) is 2.14. The molecule has 6 nitrogen and oxygen atoms in total. The zero-order valence-corrected chi connectivity index (χ0v) is 13.5. The predicted octanol–water partition coefficient (Wildman–Crippen LogP) is 2.60. The molecule has 0 radical (unpaired) electrons. The molecule has 0 spiro atoms. The number of rotatable bonds is 5. The van der Waals surface area contributed by atoms with E-state index in [1.54, 1.807) is 22.7 Å². The van der Waals surface area contributed by atoms with Gasteiger partial charge < -0.3 is 11.1 Å². The SMILES string of the molecule is CCc1ccc(NC(=O)CSc2nnc3ccc(N)cn23)cc1. The molecule has 0 aliphatic heterocycles. The van der Waals surface area contributed by atoms with Crippen LogP contribution in [0.2, 0.25) is 0 Å². The average Bonchev–Trinajstić information content (AvgIpc) is 2.96. The third-order valence-electron chi connectivity index (χ3n) is 3.37. The predicted molar refractivity (Wildman–Crippen MR) is 92.6 cm³/mol. The Hall–Kier alpha value is -2.54. The van der Waals surface area contributed by atoms with Gasteiger partial charge in [0.25, 0.3) is 0 Å². The van der Waals surface area contributed by atoms with Crippen molar-refractivity contribution in [1.29, 1.82) is 0 Å². The molecule has 0 fully saturated rings. The Morgan fingerprint density at radius 1 is 1.22 bits per heavy atom. The first-order chi connectivity index (χ1) is 11.2. The monoisotopic (exact) mass is 327 g/mol. The number of nitrogens with two attached hydrogens (primary N) is 1. The van der Waals surface area contributed by atoms with Gasteiger partial charge in [0.15, 0.2) is 10.8 Å². The summed E-state index contributed by atoms with van der Waals surface area (Å²) in [5, 5.41) is 11.6. The lowest BCUT2D eigenvalue weighted by Crippen LogP contribution is -2.14. The number of fused-ring (bicyclic) bond motifs is 1. The molecule has 118 valence electrons. The van der Waals surface area contributed by atoms with E-state index in [4.69, 9.17) is 5.73 Å². The minimum atomic E-state index is -0.0834. The van der Waals surface area contributed by atoms with Crippen LogP contribution in [-0.4, -0.2) is 26.3 Å². The summed E-state index contributed by atoms with van der Waals surface area (Å²) >= 11 is 1.32. The van der Waals surface area contributed by atoms with Gasteiger partial charge in [0.05, 0.1) is 5.75 Å². The van der Waals surface area contributed by atoms with Crippen molar-refractivity contribution >= 4 is 34.7 Å². The summed E-state index contributed by atoms with van der Waals surface area (Å²) in [6, 6.07) is 11.4. The summed E-state index contributed by atoms with van der Waals surface area (Å²) in [7, 11) is 0. The molecule has 0 atom stereocenters. The first kappa shape index (κ1) is 15.4. The number of nitrogens with zero attached hydrogens (tertiary/aromatic N) is 3. The summed E-state index contributed by atoms with van der Waals surface area (Å²) < 4.78 is 1.78. The fourth-order valence-corrected chi connectivity index (χ4v) is 2.85. The Labute approximate surface area is 138 Å². The third-order valence-corrected chi connectivity index (χ3v) is 4.32. The minimum absolute atomic E-state index is 0.0834. The van der Waals surface area contributed by atoms with Crippen molar-refractivity contribution in [3.05, 3.63) is 48.2 Å². The number of carbonyl (C=O) groups excluding carboxylic acids is 1. The topological polar surface area (TPSA) is 85.3 Å². The number of nitrogen functional groups attached to an aromatic ring is 1. The fraction of sp³-hybridized carbons (Fsp3) is 0.188. The third kappa shape index (κ3) is 3.62. The highest BCUT2D eigenvalue weighted by Gasteiger charge is 2.09. The normalized spacial score (nSPS) is 10.8. The summed E-state index contributed by atoms with van der Waals surface area (Å²) in [6.45, 7) is 2.10. The molecule has 0 saturated heterocycles. The molecule has 0 saturated carbocycles. The van der Waals surface area contributed by atoms with Crippen LogP contribution in [0, 0.1) is 0 Å². The molecule has 3 N–H and O–H groups in total. The second-order valence-electron chi connectivity index (χ2n) is 5.06. The van der Waals surface area contributed by atoms with Crippen LogP contribution >= 0.6 is 11.8 Å². The van der Waals surface area contributed by atoms with Gasteiger partial charge in [-0.1, -0.05) is 30.8 Å². The molecule has 7 heteroatoms. The van der Waals surface area contributed by atoms with E-state index < -0.39 is 0 Å². The first-order valence-electron chi connectivity index (χ1n) is 7.27. The van der Waals surface area contributed by atoms with Crippen molar-refractivity contribution in [1.82, 2.24) is 14.6 Å². The molecule has 1 aromatic carbocycles. The lowest BCUT2D eigenvalue weighted by atomic mass is 10.1. The molecule has 2 heterocycles. The van der Waals surface area contributed by atoms with E-state index in [9.17, 15) is 4.79 Å². The smallest absolute Gasteiger partial charge is 0.234 e. The molecule has 3 aromatic rings. The van der Waals surface area contributed by atoms with Crippen LogP contribution < -0.4 is 11.1 Å². The van der Waals surface area contributed by atoms with Crippen LogP contribution in [0.25, 0.3) is 5.65 Å². The van der Waals surface area contributed by atoms with E-state index in [0.29, 0.717) is 16.5 Å². The Kier molecular flexibility index (Phi) is 4.47. The second-order valence-corrected chi connectivity index (χ2v) is 6.00. The summed E-state index contributed by atoms with van der Waals surface area (Å²) in [6.07, 6.45) is 2.73. The largest absolute Gasteiger partial charge is 0.398 e. The van der Waals surface area contributed by atoms with E-state index >= 15 is 0 Å². The minimum Gasteiger partial charge on any atom is -0.398 e. The zero-order valence-electron chi connectivity index (χ0n) is 12.7. The Balaban J connectivity index is 1.62. The number of carbonyl (C=O) groups is 1. The number of anilines is 2. The van der Waals surface area contributed by atoms with Gasteiger partial charge in [-0.2, -0.15) is 0 Å². The highest BCUT2D eigenvalue weighted by Crippen LogP contribution is 2.19. The summed E-state index contributed by atoms with van der Waals surface area (Å²) in [5.41, 5.74) is 9.13. The van der Waals surface area contributed by atoms with Crippen molar-refractivity contribution in [3.63, 3.8) is 0 Å². The molecule has 1 amide bonds. The van der Waals surface area contributed by atoms with E-state index in [2.05, 4.69) is 22.4 Å². The molecule has 0 unspecified atom stereocenters. The molecule has 23 heavy (non-hydrogen) atoms. The molecule has 3 rings (SSSR count). The highest BCUT2D eigenvalue weighted by molar-refractivity contribution is 7.99. The molecule has 0 aliphatic carbocycles. The van der Waals surface area contributed by atoms with Gasteiger partial charge in [-0.3, -0.25) is 9.20 Å². The lowest BCUT2D eigenvalue weighted by molar-refractivity contribution is -0.113. The number of amides is 1. The number of hydrogen-bond donors (Lipinski definition) is 2. The second kappa shape index (κ2) is 6.70. The number of aryl methyl sites for hydroxylation is 1. The molecular weight excluding hydrogens is 310 g/mol. The molecule has 0 aliphatic rings. The standard InChI is InChI=1S/C16H17N5OS/c1-2-11-3-6-13(7-4-11)18-15(22)10-23-16-20-19-14-8-5-12(17)9-21(14)16/h3-9H,2,10,17H2,1H3,(H,18,22). The number of thioether (sulfide) groups is 1. The summed E-state index contributed by atoms with van der Waals surface area (Å²) in [5.74, 6) is 0.172. The van der Waals surface area contributed by atoms with Gasteiger partial charge in [0, 0.05) is 17.6 Å². The molecular formula is C16H17N5OS. The Morgan fingerprint density at radius 3 is 2.74 bits per heavy atom. The van der Waals surface area contributed by atoms with E-state index in [1.807, 2.05) is 24.3 Å². The van der Waals surface area contributed by atoms with Crippen LogP contribution in [0.4, 0.5) is 11.4 Å². The quantitative estimate of drug-likeness (QED) is 0.704. The van der Waals surface area contributed by atoms with Crippen molar-refractivity contribution in [2.45, 2.75) is 18.5 Å². The number of nitrogens with one attached hydrogen (secondary N) is 1. The number of pyridine rings is 1. The van der Waals surface area contributed by atoms with Crippen molar-refractivity contribution in [2.24, 2.45) is 0 Å². The lowest BCUT2D eigenvalue weighted by Gasteiger charge is -2.05. The van der Waals surface area contributed by atoms with E-state index in [1.165, 1.54) is 17.3 Å². The van der Waals surface area contributed by atoms with Gasteiger partial charge >= 0.3 is 0 Å². The van der Waals surface area contributed by atoms with Crippen LogP contribution in [0.15, 0.2) is 47.8 Å². The van der Waals surface area contributed by atoms with Crippen LogP contribution in [-0.2, 0) is 11.2 Å². The number of benzene rings is 1. The highest BCUT2D eigenvalue weighted by atomic mass is 32.2. The van der Waals surface area contributed by atoms with Crippen LogP contribution in [0.1, 0.15) is 12.5 Å². The first-order valence-corrected chi connectivity index (χ1v) is 8.26. The maximum Gasteiger partial charge on any atom is 0.234 e. The zero-order chi connectivity index (χ0) is 16.2. The average molecular weight is 327 g/mol. The number of aromatic nitrogens is 3. The summed E-state index contributed by atoms with van der Waals surface area (Å²) in [4.78, 5) is 12.1. The van der Waals surface area contributed by atoms with Gasteiger partial charge in [-0.25, -0.2) is 0 Å². The van der Waals surface area contributed by atoms with Crippen LogP contribution in [0.3, 0.4) is 0 Å².